The number of carbonyl (C=O) groups is 3. The number of hydrogen-bond donors (Lipinski definition) is 2. The second-order valence-corrected chi connectivity index (χ2v) is 8.87. The van der Waals surface area contributed by atoms with Gasteiger partial charge >= 0.3 is 0 Å². The number of rotatable bonds is 5. The molecular weight excluding hydrogens is 437 g/mol. The second kappa shape index (κ2) is 8.89. The van der Waals surface area contributed by atoms with E-state index in [-0.39, 0.29) is 23.8 Å². The van der Waals surface area contributed by atoms with Gasteiger partial charge in [-0.3, -0.25) is 14.4 Å². The van der Waals surface area contributed by atoms with Crippen molar-refractivity contribution in [2.45, 2.75) is 44.7 Å². The lowest BCUT2D eigenvalue weighted by molar-refractivity contribution is -0.119. The normalized spacial score (nSPS) is 18.0. The number of aryl methyl sites for hydroxylation is 1. The number of amides is 3. The molecule has 1 saturated carbocycles. The fourth-order valence-corrected chi connectivity index (χ4v) is 3.99. The summed E-state index contributed by atoms with van der Waals surface area (Å²) in [5, 5.41) is 6.53. The molecule has 3 amide bonds. The molecule has 0 radical (unpaired) electrons. The average molecular weight is 460 g/mol. The van der Waals surface area contributed by atoms with Crippen LogP contribution in [0.2, 0.25) is 10.0 Å². The van der Waals surface area contributed by atoms with E-state index in [0.29, 0.717) is 39.8 Å². The fraction of sp³-hybridized carbons (Fsp3) is 0.348. The Balaban J connectivity index is 1.49. The van der Waals surface area contributed by atoms with Gasteiger partial charge in [0.2, 0.25) is 5.91 Å². The van der Waals surface area contributed by atoms with Crippen molar-refractivity contribution in [3.8, 4) is 0 Å². The molecule has 2 fully saturated rings. The minimum atomic E-state index is -0.592. The summed E-state index contributed by atoms with van der Waals surface area (Å²) < 4.78 is 0. The highest BCUT2D eigenvalue weighted by Gasteiger charge is 2.35. The first-order chi connectivity index (χ1) is 14.8. The van der Waals surface area contributed by atoms with Crippen molar-refractivity contribution in [1.82, 2.24) is 10.2 Å². The molecule has 1 saturated heterocycles. The Kier molecular flexibility index (Phi) is 6.21. The Hall–Kier alpha value is -2.57. The van der Waals surface area contributed by atoms with E-state index in [1.54, 1.807) is 29.2 Å². The number of carbonyl (C=O) groups excluding carboxylic acids is 3. The SMILES string of the molecule is Cc1ccc(C(=O)NC2CC2)cc1NC(=O)C1CCCN1C(=O)c1ccc(Cl)c(Cl)c1. The zero-order chi connectivity index (χ0) is 22.1. The largest absolute Gasteiger partial charge is 0.349 e. The highest BCUT2D eigenvalue weighted by Crippen LogP contribution is 2.27. The van der Waals surface area contributed by atoms with Crippen LogP contribution >= 0.6 is 23.2 Å². The molecule has 4 rings (SSSR count). The number of halogens is 2. The van der Waals surface area contributed by atoms with Crippen LogP contribution in [0.15, 0.2) is 36.4 Å². The lowest BCUT2D eigenvalue weighted by atomic mass is 10.1. The predicted molar refractivity (Wildman–Crippen MR) is 121 cm³/mol. The molecule has 2 aliphatic rings. The van der Waals surface area contributed by atoms with E-state index < -0.39 is 6.04 Å². The van der Waals surface area contributed by atoms with Crippen LogP contribution in [0.1, 0.15) is 52.0 Å². The van der Waals surface area contributed by atoms with Crippen LogP contribution in [0.4, 0.5) is 5.69 Å². The lowest BCUT2D eigenvalue weighted by Gasteiger charge is -2.24. The monoisotopic (exact) mass is 459 g/mol. The van der Waals surface area contributed by atoms with Crippen LogP contribution in [0, 0.1) is 6.92 Å². The molecule has 8 heteroatoms. The van der Waals surface area contributed by atoms with Crippen molar-refractivity contribution in [2.75, 3.05) is 11.9 Å². The molecule has 0 spiro atoms. The molecule has 1 atom stereocenters. The molecule has 1 heterocycles. The van der Waals surface area contributed by atoms with Crippen molar-refractivity contribution in [3.63, 3.8) is 0 Å². The lowest BCUT2D eigenvalue weighted by Crippen LogP contribution is -2.43. The van der Waals surface area contributed by atoms with E-state index in [2.05, 4.69) is 10.6 Å². The predicted octanol–water partition coefficient (Wildman–Crippen LogP) is 4.44. The minimum Gasteiger partial charge on any atom is -0.349 e. The van der Waals surface area contributed by atoms with Crippen molar-refractivity contribution in [2.24, 2.45) is 0 Å². The molecule has 2 aromatic rings. The average Bonchev–Trinajstić information content (AvgIpc) is 3.42. The topological polar surface area (TPSA) is 78.5 Å². The van der Waals surface area contributed by atoms with E-state index in [0.717, 1.165) is 24.8 Å². The highest BCUT2D eigenvalue weighted by molar-refractivity contribution is 6.42. The fourth-order valence-electron chi connectivity index (χ4n) is 3.69. The molecule has 0 bridgehead atoms. The quantitative estimate of drug-likeness (QED) is 0.693. The number of hydrogen-bond acceptors (Lipinski definition) is 3. The Labute approximate surface area is 190 Å². The van der Waals surface area contributed by atoms with Crippen LogP contribution in [-0.2, 0) is 4.79 Å². The Morgan fingerprint density at radius 1 is 0.968 bits per heavy atom. The third kappa shape index (κ3) is 4.86. The summed E-state index contributed by atoms with van der Waals surface area (Å²) in [7, 11) is 0. The summed E-state index contributed by atoms with van der Waals surface area (Å²) in [4.78, 5) is 40.0. The molecule has 6 nitrogen and oxygen atoms in total. The number of nitrogens with one attached hydrogen (secondary N) is 2. The first-order valence-corrected chi connectivity index (χ1v) is 11.1. The smallest absolute Gasteiger partial charge is 0.254 e. The molecule has 0 aromatic heterocycles. The van der Waals surface area contributed by atoms with Crippen molar-refractivity contribution < 1.29 is 14.4 Å². The summed E-state index contributed by atoms with van der Waals surface area (Å²) >= 11 is 12.0. The molecule has 31 heavy (non-hydrogen) atoms. The zero-order valence-corrected chi connectivity index (χ0v) is 18.6. The molecule has 2 aromatic carbocycles. The third-order valence-electron chi connectivity index (χ3n) is 5.65. The van der Waals surface area contributed by atoms with Gasteiger partial charge in [-0.25, -0.2) is 0 Å². The molecular formula is C23H23Cl2N3O3. The number of benzene rings is 2. The standard InChI is InChI=1S/C23H23Cl2N3O3/c1-13-4-5-14(21(29)26-16-7-8-16)12-19(13)27-22(30)20-3-2-10-28(20)23(31)15-6-9-17(24)18(25)11-15/h4-6,9,11-12,16,20H,2-3,7-8,10H2,1H3,(H,26,29)(H,27,30). The van der Waals surface area contributed by atoms with Gasteiger partial charge in [-0.05, 0) is 68.5 Å². The summed E-state index contributed by atoms with van der Waals surface area (Å²) in [5.41, 5.74) is 2.31. The first-order valence-electron chi connectivity index (χ1n) is 10.3. The maximum atomic E-state index is 13.1. The summed E-state index contributed by atoms with van der Waals surface area (Å²) in [6, 6.07) is 9.61. The number of nitrogens with zero attached hydrogens (tertiary/aromatic N) is 1. The van der Waals surface area contributed by atoms with Crippen LogP contribution in [0.3, 0.4) is 0 Å². The zero-order valence-electron chi connectivity index (χ0n) is 17.1. The van der Waals surface area contributed by atoms with Gasteiger partial charge in [0.1, 0.15) is 6.04 Å². The molecule has 1 unspecified atom stereocenters. The van der Waals surface area contributed by atoms with Gasteiger partial charge in [0, 0.05) is 29.4 Å². The van der Waals surface area contributed by atoms with Gasteiger partial charge in [-0.1, -0.05) is 29.3 Å². The van der Waals surface area contributed by atoms with Crippen LogP contribution in [-0.4, -0.2) is 41.2 Å². The van der Waals surface area contributed by atoms with E-state index in [4.69, 9.17) is 23.2 Å². The molecule has 1 aliphatic heterocycles. The number of likely N-dealkylation sites (tertiary alicyclic amines) is 1. The van der Waals surface area contributed by atoms with E-state index >= 15 is 0 Å². The maximum absolute atomic E-state index is 13.1. The summed E-state index contributed by atoms with van der Waals surface area (Å²) in [5.74, 6) is -0.672. The second-order valence-electron chi connectivity index (χ2n) is 8.05. The van der Waals surface area contributed by atoms with Gasteiger partial charge in [0.05, 0.1) is 10.0 Å². The van der Waals surface area contributed by atoms with Gasteiger partial charge in [-0.15, -0.1) is 0 Å². The molecule has 162 valence electrons. The third-order valence-corrected chi connectivity index (χ3v) is 6.39. The molecule has 1 aliphatic carbocycles. The van der Waals surface area contributed by atoms with Crippen LogP contribution in [0.5, 0.6) is 0 Å². The molecule has 2 N–H and O–H groups in total. The van der Waals surface area contributed by atoms with Crippen molar-refractivity contribution >= 4 is 46.6 Å². The highest BCUT2D eigenvalue weighted by atomic mass is 35.5. The van der Waals surface area contributed by atoms with Gasteiger partial charge < -0.3 is 15.5 Å². The maximum Gasteiger partial charge on any atom is 0.254 e. The Bertz CT molecular complexity index is 1050. The van der Waals surface area contributed by atoms with E-state index in [1.165, 1.54) is 6.07 Å². The number of anilines is 1. The van der Waals surface area contributed by atoms with Gasteiger partial charge in [0.15, 0.2) is 0 Å². The van der Waals surface area contributed by atoms with Crippen LogP contribution < -0.4 is 10.6 Å². The van der Waals surface area contributed by atoms with Crippen LogP contribution in [0.25, 0.3) is 0 Å². The van der Waals surface area contributed by atoms with E-state index in [9.17, 15) is 14.4 Å². The first kappa shape index (κ1) is 21.7. The summed E-state index contributed by atoms with van der Waals surface area (Å²) in [6.07, 6.45) is 3.31. The van der Waals surface area contributed by atoms with Crippen molar-refractivity contribution in [1.29, 1.82) is 0 Å². The van der Waals surface area contributed by atoms with E-state index in [1.807, 2.05) is 13.0 Å². The Morgan fingerprint density at radius 3 is 2.42 bits per heavy atom. The Morgan fingerprint density at radius 2 is 1.71 bits per heavy atom. The minimum absolute atomic E-state index is 0.143. The van der Waals surface area contributed by atoms with Crippen molar-refractivity contribution in [3.05, 3.63) is 63.1 Å². The summed E-state index contributed by atoms with van der Waals surface area (Å²) in [6.45, 7) is 2.35. The van der Waals surface area contributed by atoms with Gasteiger partial charge in [0.25, 0.3) is 11.8 Å². The van der Waals surface area contributed by atoms with Gasteiger partial charge in [-0.2, -0.15) is 0 Å².